The fourth-order valence-electron chi connectivity index (χ4n) is 5.38. The average molecular weight is 479 g/mol. The highest BCUT2D eigenvalue weighted by atomic mass is 16.5. The highest BCUT2D eigenvalue weighted by Crippen LogP contribution is 2.53. The summed E-state index contributed by atoms with van der Waals surface area (Å²) in [6, 6.07) is 21.3. The number of carbonyl (C=O) groups is 2. The van der Waals surface area contributed by atoms with E-state index in [-0.39, 0.29) is 35.7 Å². The molecule has 1 spiro atoms. The second-order valence-electron chi connectivity index (χ2n) is 8.80. The molecule has 0 N–H and O–H groups in total. The zero-order chi connectivity index (χ0) is 25.0. The molecule has 7 heteroatoms. The van der Waals surface area contributed by atoms with Crippen LogP contribution in [0, 0.1) is 0 Å². The van der Waals surface area contributed by atoms with Crippen molar-refractivity contribution in [2.45, 2.75) is 12.1 Å². The lowest BCUT2D eigenvalue weighted by Crippen LogP contribution is -2.53. The molecule has 0 saturated carbocycles. The van der Waals surface area contributed by atoms with Gasteiger partial charge in [0.2, 0.25) is 5.76 Å². The number of amides is 2. The molecule has 36 heavy (non-hydrogen) atoms. The Bertz CT molecular complexity index is 1620. The number of hydrogen-bond donors (Lipinski definition) is 0. The lowest BCUT2D eigenvalue weighted by Gasteiger charge is -2.34. The molecule has 3 heterocycles. The summed E-state index contributed by atoms with van der Waals surface area (Å²) in [7, 11) is 1.58. The maximum Gasteiger partial charge on any atom is 0.291 e. The van der Waals surface area contributed by atoms with Gasteiger partial charge in [0.1, 0.15) is 11.3 Å². The van der Waals surface area contributed by atoms with Gasteiger partial charge in [-0.3, -0.25) is 14.4 Å². The van der Waals surface area contributed by atoms with E-state index in [1.54, 1.807) is 60.6 Å². The van der Waals surface area contributed by atoms with Gasteiger partial charge in [-0.25, -0.2) is 0 Å². The van der Waals surface area contributed by atoms with Gasteiger partial charge < -0.3 is 19.0 Å². The number of hydrogen-bond acceptors (Lipinski definition) is 5. The Morgan fingerprint density at radius 1 is 0.972 bits per heavy atom. The third kappa shape index (κ3) is 2.77. The largest absolute Gasteiger partial charge is 0.497 e. The van der Waals surface area contributed by atoms with Crippen molar-refractivity contribution in [1.82, 2.24) is 4.90 Å². The number of anilines is 1. The smallest absolute Gasteiger partial charge is 0.291 e. The molecule has 4 aromatic rings. The van der Waals surface area contributed by atoms with Crippen molar-refractivity contribution in [3.8, 4) is 5.75 Å². The molecular formula is C29H22N2O5. The van der Waals surface area contributed by atoms with Crippen molar-refractivity contribution in [1.29, 1.82) is 0 Å². The Morgan fingerprint density at radius 3 is 2.44 bits per heavy atom. The van der Waals surface area contributed by atoms with Crippen LogP contribution in [-0.2, 0) is 16.9 Å². The number of rotatable bonds is 5. The van der Waals surface area contributed by atoms with Crippen molar-refractivity contribution in [3.63, 3.8) is 0 Å². The van der Waals surface area contributed by atoms with Crippen LogP contribution in [-0.4, -0.2) is 30.4 Å². The molecule has 178 valence electrons. The summed E-state index contributed by atoms with van der Waals surface area (Å²) in [5.74, 6) is -0.318. The van der Waals surface area contributed by atoms with Crippen molar-refractivity contribution in [3.05, 3.63) is 118 Å². The van der Waals surface area contributed by atoms with Gasteiger partial charge in [0.15, 0.2) is 11.0 Å². The highest BCUT2D eigenvalue weighted by molar-refractivity contribution is 6.17. The first-order chi connectivity index (χ1) is 17.5. The van der Waals surface area contributed by atoms with E-state index in [0.717, 1.165) is 5.56 Å². The molecule has 6 rings (SSSR count). The summed E-state index contributed by atoms with van der Waals surface area (Å²) in [5, 5.41) is 0.321. The lowest BCUT2D eigenvalue weighted by molar-refractivity contribution is -0.126. The third-order valence-corrected chi connectivity index (χ3v) is 6.95. The van der Waals surface area contributed by atoms with Gasteiger partial charge in [0, 0.05) is 18.7 Å². The molecule has 7 nitrogen and oxygen atoms in total. The van der Waals surface area contributed by atoms with E-state index >= 15 is 0 Å². The van der Waals surface area contributed by atoms with Crippen molar-refractivity contribution < 1.29 is 18.7 Å². The Hall–Kier alpha value is -4.65. The first-order valence-corrected chi connectivity index (χ1v) is 11.6. The molecule has 0 saturated heterocycles. The summed E-state index contributed by atoms with van der Waals surface area (Å²) in [5.41, 5.74) is 0.301. The predicted molar refractivity (Wildman–Crippen MR) is 135 cm³/mol. The normalized spacial score (nSPS) is 18.1. The summed E-state index contributed by atoms with van der Waals surface area (Å²) < 4.78 is 11.3. The van der Waals surface area contributed by atoms with Gasteiger partial charge in [-0.1, -0.05) is 48.5 Å². The zero-order valence-electron chi connectivity index (χ0n) is 19.6. The van der Waals surface area contributed by atoms with Crippen LogP contribution in [0.15, 0.2) is 94.7 Å². The predicted octanol–water partition coefficient (Wildman–Crippen LogP) is 4.23. The van der Waals surface area contributed by atoms with E-state index in [4.69, 9.17) is 9.15 Å². The van der Waals surface area contributed by atoms with E-state index in [9.17, 15) is 14.4 Å². The summed E-state index contributed by atoms with van der Waals surface area (Å²) in [6.45, 7) is 4.12. The molecule has 3 aromatic carbocycles. The summed E-state index contributed by atoms with van der Waals surface area (Å²) in [6.07, 6.45) is 1.63. The average Bonchev–Trinajstić information content (AvgIpc) is 3.30. The van der Waals surface area contributed by atoms with Crippen LogP contribution < -0.4 is 15.1 Å². The minimum Gasteiger partial charge on any atom is -0.497 e. The quantitative estimate of drug-likeness (QED) is 0.401. The second kappa shape index (κ2) is 7.95. The number of ether oxygens (including phenoxy) is 1. The first-order valence-electron chi connectivity index (χ1n) is 11.6. The Labute approximate surface area is 206 Å². The van der Waals surface area contributed by atoms with Gasteiger partial charge in [0.05, 0.1) is 23.7 Å². The Kier molecular flexibility index (Phi) is 4.83. The second-order valence-corrected chi connectivity index (χ2v) is 8.80. The number of nitrogens with zero attached hydrogens (tertiary/aromatic N) is 2. The molecule has 0 unspecified atom stereocenters. The zero-order valence-corrected chi connectivity index (χ0v) is 19.6. The van der Waals surface area contributed by atoms with Crippen LogP contribution in [0.2, 0.25) is 0 Å². The molecular weight excluding hydrogens is 456 g/mol. The van der Waals surface area contributed by atoms with Crippen molar-refractivity contribution in [2.75, 3.05) is 18.6 Å². The number of carbonyl (C=O) groups excluding carboxylic acids is 2. The minimum absolute atomic E-state index is 0.0590. The highest BCUT2D eigenvalue weighted by Gasteiger charge is 2.64. The van der Waals surface area contributed by atoms with Crippen LogP contribution >= 0.6 is 0 Å². The van der Waals surface area contributed by atoms with Crippen LogP contribution in [0.5, 0.6) is 5.75 Å². The van der Waals surface area contributed by atoms with E-state index in [2.05, 4.69) is 6.58 Å². The number of benzene rings is 3. The number of fused-ring (bicyclic) bond motifs is 5. The Morgan fingerprint density at radius 2 is 1.69 bits per heavy atom. The molecule has 2 aliphatic heterocycles. The number of methoxy groups -OCH3 is 1. The lowest BCUT2D eigenvalue weighted by atomic mass is 9.83. The molecule has 0 radical (unpaired) electrons. The Balaban J connectivity index is 1.66. The number of para-hydroxylation sites is 2. The van der Waals surface area contributed by atoms with Gasteiger partial charge in [0.25, 0.3) is 11.8 Å². The third-order valence-electron chi connectivity index (χ3n) is 6.95. The van der Waals surface area contributed by atoms with Crippen LogP contribution in [0.1, 0.15) is 27.2 Å². The van der Waals surface area contributed by atoms with E-state index in [1.165, 1.54) is 4.90 Å². The molecule has 0 aliphatic carbocycles. The molecule has 0 fully saturated rings. The molecule has 2 aliphatic rings. The summed E-state index contributed by atoms with van der Waals surface area (Å²) >= 11 is 0. The topological polar surface area (TPSA) is 80.1 Å². The van der Waals surface area contributed by atoms with Crippen LogP contribution in [0.3, 0.4) is 0 Å². The maximum absolute atomic E-state index is 14.4. The van der Waals surface area contributed by atoms with Gasteiger partial charge in [-0.15, -0.1) is 6.58 Å². The minimum atomic E-state index is -1.66. The van der Waals surface area contributed by atoms with Gasteiger partial charge in [-0.2, -0.15) is 0 Å². The maximum atomic E-state index is 14.4. The molecule has 0 bridgehead atoms. The van der Waals surface area contributed by atoms with Crippen LogP contribution in [0.25, 0.3) is 11.0 Å². The summed E-state index contributed by atoms with van der Waals surface area (Å²) in [4.78, 5) is 45.4. The molecule has 1 atom stereocenters. The van der Waals surface area contributed by atoms with Gasteiger partial charge in [-0.05, 0) is 35.9 Å². The van der Waals surface area contributed by atoms with Gasteiger partial charge >= 0.3 is 0 Å². The first kappa shape index (κ1) is 21.9. The van der Waals surface area contributed by atoms with E-state index in [0.29, 0.717) is 28.0 Å². The van der Waals surface area contributed by atoms with Crippen LogP contribution in [0.4, 0.5) is 5.69 Å². The van der Waals surface area contributed by atoms with Crippen molar-refractivity contribution in [2.24, 2.45) is 0 Å². The molecule has 2 amide bonds. The van der Waals surface area contributed by atoms with Crippen molar-refractivity contribution >= 4 is 28.5 Å². The monoisotopic (exact) mass is 478 g/mol. The standard InChI is InChI=1S/C29H22N2O5/c1-3-16-30-22-10-6-5-9-21(22)29(28(30)34)24-25(32)20-8-4-7-11-23(20)36-26(24)27(33)31(29)17-18-12-14-19(35-2)15-13-18/h3-15H,1,16-17H2,2H3/t29-/m1/s1. The molecule has 1 aromatic heterocycles. The van der Waals surface area contributed by atoms with E-state index < -0.39 is 11.4 Å². The van der Waals surface area contributed by atoms with E-state index in [1.807, 2.05) is 30.3 Å². The SMILES string of the molecule is C=CCN1C(=O)[C@@]2(c3ccccc31)c1c(oc3ccccc3c1=O)C(=O)N2Cc1ccc(OC)cc1. The fourth-order valence-corrected chi connectivity index (χ4v) is 5.38. The fraction of sp³-hybridized carbons (Fsp3) is 0.138.